The first-order valence-electron chi connectivity index (χ1n) is 4.73. The van der Waals surface area contributed by atoms with Gasteiger partial charge in [-0.3, -0.25) is 0 Å². The van der Waals surface area contributed by atoms with Gasteiger partial charge < -0.3 is 4.39 Å². The Balaban J connectivity index is 3.40. The zero-order chi connectivity index (χ0) is 12.7. The molecule has 0 aromatic heterocycles. The second-order valence-electron chi connectivity index (χ2n) is 5.10. The largest absolute Gasteiger partial charge is 0.524 e. The van der Waals surface area contributed by atoms with E-state index in [0.29, 0.717) is 0 Å². The summed E-state index contributed by atoms with van der Waals surface area (Å²) in [6, 6.07) is 0. The van der Waals surface area contributed by atoms with Gasteiger partial charge in [-0.25, -0.2) is 22.0 Å². The van der Waals surface area contributed by atoms with Crippen molar-refractivity contribution < 1.29 is 26.3 Å². The normalized spacial score (nSPS) is 12.0. The Morgan fingerprint density at radius 2 is 1.00 bits per heavy atom. The van der Waals surface area contributed by atoms with Gasteiger partial charge in [0, 0.05) is 21.1 Å². The summed E-state index contributed by atoms with van der Waals surface area (Å²) >= 11 is 0. The number of halogens is 5. The Kier molecular flexibility index (Phi) is 3.28. The Morgan fingerprint density at radius 3 is 1.31 bits per heavy atom. The van der Waals surface area contributed by atoms with Crippen LogP contribution in [0.4, 0.5) is 22.0 Å². The smallest absolute Gasteiger partial charge is 0.216 e. The van der Waals surface area contributed by atoms with Crippen LogP contribution in [0, 0.1) is 29.1 Å². The van der Waals surface area contributed by atoms with Crippen LogP contribution in [0.15, 0.2) is 0 Å². The summed E-state index contributed by atoms with van der Waals surface area (Å²) in [4.78, 5) is 0. The number of rotatable bonds is 2. The quantitative estimate of drug-likeness (QED) is 0.310. The van der Waals surface area contributed by atoms with Crippen LogP contribution in [0.25, 0.3) is 0 Å². The number of quaternary nitrogens is 1. The second kappa shape index (κ2) is 4.05. The molecule has 1 aromatic rings. The lowest BCUT2D eigenvalue weighted by Gasteiger charge is -2.34. The van der Waals surface area contributed by atoms with Gasteiger partial charge in [-0.1, -0.05) is 5.46 Å². The Labute approximate surface area is 90.3 Å². The Bertz CT molecular complexity index is 398. The first kappa shape index (κ1) is 13.0. The lowest BCUT2D eigenvalue weighted by molar-refractivity contribution is -0.754. The summed E-state index contributed by atoms with van der Waals surface area (Å²) < 4.78 is 65.0. The van der Waals surface area contributed by atoms with E-state index in [9.17, 15) is 22.0 Å². The molecule has 0 bridgehead atoms. The van der Waals surface area contributed by atoms with Crippen molar-refractivity contribution in [2.24, 2.45) is 0 Å². The van der Waals surface area contributed by atoms with Crippen LogP contribution in [-0.2, 0) is 0 Å². The van der Waals surface area contributed by atoms with Gasteiger partial charge in [-0.2, -0.15) is 0 Å². The predicted molar refractivity (Wildman–Crippen MR) is 52.4 cm³/mol. The molecule has 1 nitrogen and oxygen atoms in total. The van der Waals surface area contributed by atoms with Crippen molar-refractivity contribution in [1.29, 1.82) is 0 Å². The van der Waals surface area contributed by atoms with Gasteiger partial charge in [0.25, 0.3) is 0 Å². The molecule has 0 amide bonds. The van der Waals surface area contributed by atoms with Crippen LogP contribution in [-0.4, -0.2) is 33.0 Å². The fraction of sp³-hybridized carbons (Fsp3) is 0.333. The fourth-order valence-electron chi connectivity index (χ4n) is 1.58. The maximum atomic E-state index is 13.2. The van der Waals surface area contributed by atoms with Crippen molar-refractivity contribution in [2.45, 2.75) is 0 Å². The molecule has 0 saturated heterocycles. The molecule has 0 atom stereocenters. The van der Waals surface area contributed by atoms with Gasteiger partial charge in [0.05, 0.1) is 0 Å². The van der Waals surface area contributed by atoms with E-state index >= 15 is 0 Å². The fourth-order valence-corrected chi connectivity index (χ4v) is 1.58. The lowest BCUT2D eigenvalue weighted by atomic mass is 9.78. The number of hydrogen-bond acceptors (Lipinski definition) is 0. The Hall–Kier alpha value is -1.11. The summed E-state index contributed by atoms with van der Waals surface area (Å²) in [5.74, 6) is -9.25. The Morgan fingerprint density at radius 1 is 0.688 bits per heavy atom. The number of benzene rings is 1. The number of nitrogens with zero attached hydrogens (tertiary/aromatic N) is 1. The maximum Gasteiger partial charge on any atom is 0.216 e. The molecule has 0 saturated carbocycles. The molecule has 0 fully saturated rings. The molecule has 0 aliphatic rings. The first-order chi connectivity index (χ1) is 7.15. The predicted octanol–water partition coefficient (Wildman–Crippen LogP) is 0.797. The van der Waals surface area contributed by atoms with Crippen molar-refractivity contribution >= 4 is 12.9 Å². The van der Waals surface area contributed by atoms with Crippen LogP contribution in [0.1, 0.15) is 0 Å². The van der Waals surface area contributed by atoms with Gasteiger partial charge >= 0.3 is 0 Å². The van der Waals surface area contributed by atoms with Gasteiger partial charge in [0.2, 0.25) is 7.41 Å². The van der Waals surface area contributed by atoms with Crippen molar-refractivity contribution in [3.05, 3.63) is 29.1 Å². The molecule has 0 heterocycles. The van der Waals surface area contributed by atoms with E-state index in [4.69, 9.17) is 0 Å². The average molecular weight is 239 g/mol. The molecule has 90 valence electrons. The van der Waals surface area contributed by atoms with E-state index < -0.39 is 42.0 Å². The standard InChI is InChI=1S/C9H11BF5N/c1-16(2,3)10-4-5(11)7(13)9(15)8(14)6(4)12/h10H2,1-3H3. The van der Waals surface area contributed by atoms with Crippen LogP contribution >= 0.6 is 0 Å². The minimum absolute atomic E-state index is 0.179. The third kappa shape index (κ3) is 2.34. The zero-order valence-corrected chi connectivity index (χ0v) is 9.34. The highest BCUT2D eigenvalue weighted by Gasteiger charge is 2.24. The van der Waals surface area contributed by atoms with Crippen molar-refractivity contribution in [1.82, 2.24) is 0 Å². The molecule has 0 spiro atoms. The zero-order valence-electron chi connectivity index (χ0n) is 9.34. The minimum atomic E-state index is -2.10. The molecule has 16 heavy (non-hydrogen) atoms. The third-order valence-corrected chi connectivity index (χ3v) is 2.32. The first-order valence-corrected chi connectivity index (χ1v) is 4.73. The summed E-state index contributed by atoms with van der Waals surface area (Å²) in [6.07, 6.45) is 0. The maximum absolute atomic E-state index is 13.2. The topological polar surface area (TPSA) is 0 Å². The van der Waals surface area contributed by atoms with E-state index in [1.165, 1.54) is 0 Å². The van der Waals surface area contributed by atoms with Gasteiger partial charge in [0.15, 0.2) is 17.5 Å². The van der Waals surface area contributed by atoms with E-state index in [0.717, 1.165) is 0 Å². The van der Waals surface area contributed by atoms with Crippen LogP contribution in [0.2, 0.25) is 0 Å². The minimum Gasteiger partial charge on any atom is -0.524 e. The number of hydrogen-bond donors (Lipinski definition) is 0. The van der Waals surface area contributed by atoms with Gasteiger partial charge in [-0.05, 0) is 0 Å². The van der Waals surface area contributed by atoms with E-state index in [2.05, 4.69) is 0 Å². The molecule has 0 radical (unpaired) electrons. The summed E-state index contributed by atoms with van der Waals surface area (Å²) in [5.41, 5.74) is -0.663. The van der Waals surface area contributed by atoms with Gasteiger partial charge in [-0.15, -0.1) is 0 Å². The molecule has 0 unspecified atom stereocenters. The molecule has 0 aliphatic carbocycles. The third-order valence-electron chi connectivity index (χ3n) is 2.32. The van der Waals surface area contributed by atoms with Crippen molar-refractivity contribution in [3.8, 4) is 0 Å². The van der Waals surface area contributed by atoms with Crippen molar-refractivity contribution in [3.63, 3.8) is 0 Å². The second-order valence-corrected chi connectivity index (χ2v) is 5.10. The van der Waals surface area contributed by atoms with E-state index in [1.54, 1.807) is 21.1 Å². The molecular weight excluding hydrogens is 228 g/mol. The van der Waals surface area contributed by atoms with Crippen LogP contribution in [0.5, 0.6) is 0 Å². The van der Waals surface area contributed by atoms with E-state index in [1.807, 2.05) is 0 Å². The van der Waals surface area contributed by atoms with E-state index in [-0.39, 0.29) is 4.39 Å². The van der Waals surface area contributed by atoms with Crippen LogP contribution < -0.4 is 5.46 Å². The lowest BCUT2D eigenvalue weighted by Crippen LogP contribution is -2.48. The average Bonchev–Trinajstić information content (AvgIpc) is 2.17. The van der Waals surface area contributed by atoms with Gasteiger partial charge in [0.1, 0.15) is 11.6 Å². The molecule has 0 N–H and O–H groups in total. The summed E-state index contributed by atoms with van der Waals surface area (Å²) in [6.45, 7) is 0. The highest BCUT2D eigenvalue weighted by Crippen LogP contribution is 2.16. The van der Waals surface area contributed by atoms with Crippen LogP contribution in [0.3, 0.4) is 0 Å². The summed E-state index contributed by atoms with van der Waals surface area (Å²) in [5, 5.41) is 0. The highest BCUT2D eigenvalue weighted by atomic mass is 19.2. The van der Waals surface area contributed by atoms with Crippen molar-refractivity contribution in [2.75, 3.05) is 21.1 Å². The molecule has 1 rings (SSSR count). The monoisotopic (exact) mass is 239 g/mol. The molecule has 0 aliphatic heterocycles. The highest BCUT2D eigenvalue weighted by molar-refractivity contribution is 6.46. The molecule has 1 aromatic carbocycles. The summed E-state index contributed by atoms with van der Waals surface area (Å²) in [7, 11) is 3.40. The molecule has 7 heteroatoms. The molecular formula is C9H11BF5N. The SMILES string of the molecule is C[N+](C)(C)[BH2-]c1c(F)c(F)c(F)c(F)c1F.